The molecular formula is C12H12N2OS. The molecule has 2 aromatic heterocycles. The first-order valence-corrected chi connectivity index (χ1v) is 6.03. The largest absolute Gasteiger partial charge is 0.293 e. The van der Waals surface area contributed by atoms with Crippen molar-refractivity contribution in [2.45, 2.75) is 19.8 Å². The minimum Gasteiger partial charge on any atom is -0.293 e. The third kappa shape index (κ3) is 2.52. The lowest BCUT2D eigenvalue weighted by atomic mass is 10.1. The van der Waals surface area contributed by atoms with Gasteiger partial charge in [-0.3, -0.25) is 14.8 Å². The molecule has 2 aromatic rings. The molecule has 0 aromatic carbocycles. The van der Waals surface area contributed by atoms with Crippen LogP contribution in [-0.2, 0) is 12.8 Å². The molecule has 0 unspecified atom stereocenters. The van der Waals surface area contributed by atoms with Gasteiger partial charge in [-0.15, -0.1) is 11.3 Å². The number of hydrogen-bond donors (Lipinski definition) is 0. The van der Waals surface area contributed by atoms with Gasteiger partial charge in [0.1, 0.15) is 0 Å². The van der Waals surface area contributed by atoms with E-state index in [1.807, 2.05) is 18.3 Å². The van der Waals surface area contributed by atoms with Crippen LogP contribution in [0.1, 0.15) is 27.9 Å². The van der Waals surface area contributed by atoms with Crippen LogP contribution in [-0.4, -0.2) is 15.8 Å². The molecule has 2 rings (SSSR count). The molecule has 0 fully saturated rings. The fourth-order valence-corrected chi connectivity index (χ4v) is 1.93. The Morgan fingerprint density at radius 1 is 1.38 bits per heavy atom. The summed E-state index contributed by atoms with van der Waals surface area (Å²) in [6.45, 7) is 2.08. The van der Waals surface area contributed by atoms with Crippen LogP contribution in [0.25, 0.3) is 0 Å². The van der Waals surface area contributed by atoms with Crippen LogP contribution in [0.5, 0.6) is 0 Å². The quantitative estimate of drug-likeness (QED) is 0.761. The predicted octanol–water partition coefficient (Wildman–Crippen LogP) is 2.53. The lowest BCUT2D eigenvalue weighted by Crippen LogP contribution is -2.03. The topological polar surface area (TPSA) is 42.9 Å². The van der Waals surface area contributed by atoms with Crippen molar-refractivity contribution in [1.82, 2.24) is 9.97 Å². The smallest absolute Gasteiger partial charge is 0.180 e. The molecule has 0 spiro atoms. The highest BCUT2D eigenvalue weighted by atomic mass is 32.1. The Hall–Kier alpha value is -1.55. The zero-order valence-corrected chi connectivity index (χ0v) is 9.83. The Bertz CT molecular complexity index is 462. The lowest BCUT2D eigenvalue weighted by molar-refractivity contribution is 0.0995. The van der Waals surface area contributed by atoms with Gasteiger partial charge in [0.2, 0.25) is 0 Å². The van der Waals surface area contributed by atoms with Crippen molar-refractivity contribution in [2.24, 2.45) is 0 Å². The fourth-order valence-electron chi connectivity index (χ4n) is 1.37. The van der Waals surface area contributed by atoms with Crippen molar-refractivity contribution in [3.05, 3.63) is 46.2 Å². The normalized spacial score (nSPS) is 10.3. The maximum Gasteiger partial charge on any atom is 0.180 e. The van der Waals surface area contributed by atoms with Crippen LogP contribution in [0.15, 0.2) is 30.0 Å². The third-order valence-electron chi connectivity index (χ3n) is 2.34. The van der Waals surface area contributed by atoms with Crippen LogP contribution in [0.4, 0.5) is 0 Å². The van der Waals surface area contributed by atoms with Crippen molar-refractivity contribution < 1.29 is 4.79 Å². The van der Waals surface area contributed by atoms with Gasteiger partial charge in [0, 0.05) is 18.1 Å². The third-order valence-corrected chi connectivity index (χ3v) is 3.16. The molecule has 0 amide bonds. The number of aromatic nitrogens is 2. The maximum atomic E-state index is 11.8. The number of hydrogen-bond acceptors (Lipinski definition) is 4. The number of thiazole rings is 1. The van der Waals surface area contributed by atoms with Crippen molar-refractivity contribution in [3.63, 3.8) is 0 Å². The van der Waals surface area contributed by atoms with Crippen LogP contribution in [0, 0.1) is 0 Å². The molecule has 0 atom stereocenters. The second kappa shape index (κ2) is 4.99. The molecule has 0 aliphatic rings. The van der Waals surface area contributed by atoms with Crippen molar-refractivity contribution in [1.29, 1.82) is 0 Å². The maximum absolute atomic E-state index is 11.8. The van der Waals surface area contributed by atoms with E-state index in [2.05, 4.69) is 16.9 Å². The first kappa shape index (κ1) is 11.0. The molecule has 0 aliphatic heterocycles. The van der Waals surface area contributed by atoms with Gasteiger partial charge < -0.3 is 0 Å². The van der Waals surface area contributed by atoms with E-state index in [4.69, 9.17) is 0 Å². The molecule has 82 valence electrons. The second-order valence-electron chi connectivity index (χ2n) is 3.48. The lowest BCUT2D eigenvalue weighted by Gasteiger charge is -2.00. The highest BCUT2D eigenvalue weighted by Crippen LogP contribution is 2.10. The van der Waals surface area contributed by atoms with Crippen LogP contribution >= 0.6 is 11.3 Å². The van der Waals surface area contributed by atoms with Gasteiger partial charge in [0.25, 0.3) is 0 Å². The average Bonchev–Trinajstić information content (AvgIpc) is 2.83. The standard InChI is InChI=1S/C12H12N2OS/c1-2-9-3-4-10(14-6-9)5-11(15)12-7-13-8-16-12/h3-4,6-8H,2,5H2,1H3. The molecule has 0 radical (unpaired) electrons. The Balaban J connectivity index is 2.06. The summed E-state index contributed by atoms with van der Waals surface area (Å²) in [5.41, 5.74) is 3.67. The van der Waals surface area contributed by atoms with E-state index in [1.165, 1.54) is 16.9 Å². The Morgan fingerprint density at radius 2 is 2.25 bits per heavy atom. The number of nitrogens with zero attached hydrogens (tertiary/aromatic N) is 2. The number of carbonyl (C=O) groups is 1. The number of rotatable bonds is 4. The SMILES string of the molecule is CCc1ccc(CC(=O)c2cncs2)nc1. The van der Waals surface area contributed by atoms with Gasteiger partial charge in [-0.25, -0.2) is 0 Å². The van der Waals surface area contributed by atoms with Gasteiger partial charge in [-0.2, -0.15) is 0 Å². The first-order chi connectivity index (χ1) is 7.79. The number of aryl methyl sites for hydroxylation is 1. The highest BCUT2D eigenvalue weighted by Gasteiger charge is 2.09. The molecule has 16 heavy (non-hydrogen) atoms. The van der Waals surface area contributed by atoms with Gasteiger partial charge in [0.05, 0.1) is 16.8 Å². The molecule has 0 N–H and O–H groups in total. The Kier molecular flexibility index (Phi) is 3.41. The fraction of sp³-hybridized carbons (Fsp3) is 0.250. The molecule has 2 heterocycles. The summed E-state index contributed by atoms with van der Waals surface area (Å²) in [6.07, 6.45) is 4.75. The summed E-state index contributed by atoms with van der Waals surface area (Å²) in [6, 6.07) is 3.93. The zero-order chi connectivity index (χ0) is 11.4. The minimum atomic E-state index is 0.0826. The van der Waals surface area contributed by atoms with Crippen molar-refractivity contribution in [2.75, 3.05) is 0 Å². The molecule has 0 aliphatic carbocycles. The summed E-state index contributed by atoms with van der Waals surface area (Å²) < 4.78 is 0. The van der Waals surface area contributed by atoms with Gasteiger partial charge in [-0.1, -0.05) is 13.0 Å². The highest BCUT2D eigenvalue weighted by molar-refractivity contribution is 7.11. The van der Waals surface area contributed by atoms with Gasteiger partial charge in [0.15, 0.2) is 5.78 Å². The summed E-state index contributed by atoms with van der Waals surface area (Å²) in [4.78, 5) is 20.6. The first-order valence-electron chi connectivity index (χ1n) is 5.15. The summed E-state index contributed by atoms with van der Waals surface area (Å²) in [7, 11) is 0. The Labute approximate surface area is 98.2 Å². The van der Waals surface area contributed by atoms with E-state index in [9.17, 15) is 4.79 Å². The number of carbonyl (C=O) groups excluding carboxylic acids is 1. The molecule has 0 bridgehead atoms. The van der Waals surface area contributed by atoms with Gasteiger partial charge >= 0.3 is 0 Å². The second-order valence-corrected chi connectivity index (χ2v) is 4.36. The summed E-state index contributed by atoms with van der Waals surface area (Å²) in [5.74, 6) is 0.0826. The van der Waals surface area contributed by atoms with E-state index in [0.29, 0.717) is 11.3 Å². The average molecular weight is 232 g/mol. The van der Waals surface area contributed by atoms with E-state index < -0.39 is 0 Å². The van der Waals surface area contributed by atoms with E-state index in [1.54, 1.807) is 11.7 Å². The monoisotopic (exact) mass is 232 g/mol. The van der Waals surface area contributed by atoms with Crippen LogP contribution in [0.2, 0.25) is 0 Å². The minimum absolute atomic E-state index is 0.0826. The zero-order valence-electron chi connectivity index (χ0n) is 9.01. The van der Waals surface area contributed by atoms with Crippen LogP contribution < -0.4 is 0 Å². The van der Waals surface area contributed by atoms with Crippen LogP contribution in [0.3, 0.4) is 0 Å². The number of ketones is 1. The number of pyridine rings is 1. The predicted molar refractivity (Wildman–Crippen MR) is 63.8 cm³/mol. The molecule has 4 heteroatoms. The Morgan fingerprint density at radius 3 is 2.81 bits per heavy atom. The molecule has 3 nitrogen and oxygen atoms in total. The summed E-state index contributed by atoms with van der Waals surface area (Å²) in [5, 5.41) is 0. The van der Waals surface area contributed by atoms with E-state index in [0.717, 1.165) is 12.1 Å². The summed E-state index contributed by atoms with van der Waals surface area (Å²) >= 11 is 1.37. The number of Topliss-reactive ketones (excluding diaryl/α,β-unsaturated/α-hetero) is 1. The van der Waals surface area contributed by atoms with E-state index in [-0.39, 0.29) is 5.78 Å². The van der Waals surface area contributed by atoms with Crippen molar-refractivity contribution in [3.8, 4) is 0 Å². The molecular weight excluding hydrogens is 220 g/mol. The molecule has 0 saturated carbocycles. The van der Waals surface area contributed by atoms with E-state index >= 15 is 0 Å². The van der Waals surface area contributed by atoms with Crippen molar-refractivity contribution >= 4 is 17.1 Å². The van der Waals surface area contributed by atoms with Gasteiger partial charge in [-0.05, 0) is 18.1 Å². The molecule has 0 saturated heterocycles.